The van der Waals surface area contributed by atoms with Crippen molar-refractivity contribution in [2.45, 2.75) is 24.0 Å². The van der Waals surface area contributed by atoms with Gasteiger partial charge in [-0.05, 0) is 66.4 Å². The van der Waals surface area contributed by atoms with Gasteiger partial charge >= 0.3 is 6.03 Å². The minimum Gasteiger partial charge on any atom is -0.497 e. The summed E-state index contributed by atoms with van der Waals surface area (Å²) in [4.78, 5) is 12.8. The molecule has 4 N–H and O–H groups in total. The summed E-state index contributed by atoms with van der Waals surface area (Å²) in [5.74, 6) is 0.750. The van der Waals surface area contributed by atoms with Gasteiger partial charge in [0.05, 0.1) is 19.2 Å². The number of nitrogens with one attached hydrogen (secondary N) is 2. The molecule has 0 aliphatic rings. The summed E-state index contributed by atoms with van der Waals surface area (Å²) in [5.41, 5.74) is 2.72. The van der Waals surface area contributed by atoms with Crippen molar-refractivity contribution in [2.75, 3.05) is 32.7 Å². The summed E-state index contributed by atoms with van der Waals surface area (Å²) >= 11 is 1.54. The van der Waals surface area contributed by atoms with Crippen molar-refractivity contribution in [1.82, 2.24) is 9.29 Å². The topological polar surface area (TPSA) is 105 Å². The molecule has 0 fully saturated rings. The maximum atomic E-state index is 11.8. The highest BCUT2D eigenvalue weighted by molar-refractivity contribution is 7.98. The van der Waals surface area contributed by atoms with E-state index in [1.807, 2.05) is 52.6 Å². The molecule has 2 aromatic carbocycles. The molecule has 1 heterocycles. The second-order valence-electron chi connectivity index (χ2n) is 6.87. The number of rotatable bonds is 10. The maximum Gasteiger partial charge on any atom is 0.319 e. The third-order valence-corrected chi connectivity index (χ3v) is 5.62. The number of urea groups is 1. The summed E-state index contributed by atoms with van der Waals surface area (Å²) < 4.78 is 12.3. The van der Waals surface area contributed by atoms with Gasteiger partial charge in [-0.1, -0.05) is 0 Å². The lowest BCUT2D eigenvalue weighted by Gasteiger charge is -2.09. The fraction of sp³-hybridized carbons (Fsp3) is 0.318. The first kappa shape index (κ1) is 23.0. The van der Waals surface area contributed by atoms with Crippen LogP contribution in [-0.2, 0) is 11.2 Å². The normalized spacial score (nSPS) is 11.1. The molecule has 9 heteroatoms. The van der Waals surface area contributed by atoms with Crippen LogP contribution < -0.4 is 15.4 Å². The molecule has 166 valence electrons. The molecule has 3 rings (SSSR count). The van der Waals surface area contributed by atoms with Crippen molar-refractivity contribution in [1.29, 1.82) is 0 Å². The summed E-state index contributed by atoms with van der Waals surface area (Å²) in [6.45, 7) is 0.899. The van der Waals surface area contributed by atoms with Gasteiger partial charge in [-0.2, -0.15) is 0 Å². The lowest BCUT2D eigenvalue weighted by atomic mass is 10.1. The third-order valence-electron chi connectivity index (χ3n) is 4.64. The molecule has 0 atom stereocenters. The molecule has 0 saturated carbocycles. The summed E-state index contributed by atoms with van der Waals surface area (Å²) in [6, 6.07) is 13.1. The van der Waals surface area contributed by atoms with E-state index in [0.29, 0.717) is 25.3 Å². The maximum absolute atomic E-state index is 11.8. The lowest BCUT2D eigenvalue weighted by molar-refractivity contribution is -0.0446. The second kappa shape index (κ2) is 11.1. The number of anilines is 1. The quantitative estimate of drug-likeness (QED) is 0.282. The number of ether oxygens (including phenoxy) is 2. The fourth-order valence-electron chi connectivity index (χ4n) is 3.09. The van der Waals surface area contributed by atoms with Gasteiger partial charge in [-0.25, -0.2) is 4.79 Å². The predicted molar refractivity (Wildman–Crippen MR) is 122 cm³/mol. The third kappa shape index (κ3) is 6.38. The summed E-state index contributed by atoms with van der Waals surface area (Å²) in [7, 11) is 3.21. The van der Waals surface area contributed by atoms with E-state index in [1.54, 1.807) is 14.2 Å². The van der Waals surface area contributed by atoms with E-state index in [2.05, 4.69) is 10.6 Å². The number of hydrogen-bond donors (Lipinski definition) is 4. The van der Waals surface area contributed by atoms with Crippen LogP contribution in [0.15, 0.2) is 53.6 Å². The van der Waals surface area contributed by atoms with E-state index in [4.69, 9.17) is 9.47 Å². The van der Waals surface area contributed by atoms with Gasteiger partial charge in [0.25, 0.3) is 0 Å². The van der Waals surface area contributed by atoms with Crippen molar-refractivity contribution >= 4 is 34.6 Å². The van der Waals surface area contributed by atoms with Gasteiger partial charge in [0, 0.05) is 42.2 Å². The zero-order valence-corrected chi connectivity index (χ0v) is 18.3. The SMILES string of the molecule is COCCNC(=O)Nc1ccc(Sn2cc(CCC(O)O)c3cc(OC)ccc32)cc1. The molecule has 0 unspecified atom stereocenters. The average Bonchev–Trinajstić information content (AvgIpc) is 3.10. The second-order valence-corrected chi connectivity index (χ2v) is 7.92. The van der Waals surface area contributed by atoms with Crippen LogP contribution in [0.25, 0.3) is 10.9 Å². The Morgan fingerprint density at radius 2 is 1.94 bits per heavy atom. The van der Waals surface area contributed by atoms with Crippen molar-refractivity contribution in [3.63, 3.8) is 0 Å². The minimum atomic E-state index is -1.34. The number of aromatic nitrogens is 1. The van der Waals surface area contributed by atoms with E-state index in [0.717, 1.165) is 27.1 Å². The van der Waals surface area contributed by atoms with Crippen molar-refractivity contribution in [3.05, 3.63) is 54.2 Å². The molecule has 0 saturated heterocycles. The van der Waals surface area contributed by atoms with Crippen LogP contribution in [0.4, 0.5) is 10.5 Å². The highest BCUT2D eigenvalue weighted by Gasteiger charge is 2.12. The lowest BCUT2D eigenvalue weighted by Crippen LogP contribution is -2.31. The van der Waals surface area contributed by atoms with Gasteiger partial charge in [-0.15, -0.1) is 0 Å². The highest BCUT2D eigenvalue weighted by atomic mass is 32.2. The number of carbonyl (C=O) groups excluding carboxylic acids is 1. The largest absolute Gasteiger partial charge is 0.497 e. The Labute approximate surface area is 185 Å². The van der Waals surface area contributed by atoms with E-state index < -0.39 is 6.29 Å². The first-order chi connectivity index (χ1) is 15.0. The van der Waals surface area contributed by atoms with Gasteiger partial charge in [0.2, 0.25) is 0 Å². The highest BCUT2D eigenvalue weighted by Crippen LogP contribution is 2.33. The number of nitrogens with zero attached hydrogens (tertiary/aromatic N) is 1. The number of aliphatic hydroxyl groups excluding tert-OH is 1. The van der Waals surface area contributed by atoms with E-state index >= 15 is 0 Å². The Kier molecular flexibility index (Phi) is 8.19. The number of methoxy groups -OCH3 is 2. The van der Waals surface area contributed by atoms with Crippen LogP contribution in [0, 0.1) is 0 Å². The van der Waals surface area contributed by atoms with E-state index in [9.17, 15) is 15.0 Å². The molecule has 3 aromatic rings. The van der Waals surface area contributed by atoms with Gasteiger partial charge < -0.3 is 30.3 Å². The molecule has 2 amide bonds. The zero-order valence-electron chi connectivity index (χ0n) is 17.5. The number of hydrogen-bond acceptors (Lipinski definition) is 6. The first-order valence-corrected chi connectivity index (χ1v) is 10.6. The number of fused-ring (bicyclic) bond motifs is 1. The fourth-order valence-corrected chi connectivity index (χ4v) is 4.01. The van der Waals surface area contributed by atoms with Gasteiger partial charge in [0.15, 0.2) is 6.29 Å². The predicted octanol–water partition coefficient (Wildman–Crippen LogP) is 3.22. The number of carbonyl (C=O) groups is 1. The number of aliphatic hydroxyl groups is 2. The smallest absolute Gasteiger partial charge is 0.319 e. The summed E-state index contributed by atoms with van der Waals surface area (Å²) in [6.07, 6.45) is 1.46. The van der Waals surface area contributed by atoms with Crippen molar-refractivity contribution < 1.29 is 24.5 Å². The Morgan fingerprint density at radius 1 is 1.16 bits per heavy atom. The Bertz CT molecular complexity index is 1000. The zero-order chi connectivity index (χ0) is 22.2. The number of benzene rings is 2. The van der Waals surface area contributed by atoms with Crippen molar-refractivity contribution in [2.24, 2.45) is 0 Å². The molecule has 8 nitrogen and oxygen atoms in total. The summed E-state index contributed by atoms with van der Waals surface area (Å²) in [5, 5.41) is 25.0. The van der Waals surface area contributed by atoms with E-state index in [1.165, 1.54) is 11.9 Å². The molecular formula is C22H27N3O5S. The Hall–Kier alpha value is -2.72. The van der Waals surface area contributed by atoms with Crippen LogP contribution in [0.1, 0.15) is 12.0 Å². The molecule has 31 heavy (non-hydrogen) atoms. The van der Waals surface area contributed by atoms with Crippen LogP contribution in [0.3, 0.4) is 0 Å². The standard InChI is InChI=1S/C22H27N3O5S/c1-29-12-11-23-22(28)24-16-4-7-18(8-5-16)31-25-14-15(3-10-21(26)27)19-13-17(30-2)6-9-20(19)25/h4-9,13-14,21,26-27H,3,10-12H2,1-2H3,(H2,23,24,28). The van der Waals surface area contributed by atoms with Crippen LogP contribution in [0.5, 0.6) is 5.75 Å². The average molecular weight is 446 g/mol. The molecule has 0 radical (unpaired) electrons. The Morgan fingerprint density at radius 3 is 2.61 bits per heavy atom. The van der Waals surface area contributed by atoms with Crippen LogP contribution >= 0.6 is 11.9 Å². The van der Waals surface area contributed by atoms with Crippen LogP contribution in [-0.4, -0.2) is 53.9 Å². The van der Waals surface area contributed by atoms with Crippen molar-refractivity contribution in [3.8, 4) is 5.75 Å². The Balaban J connectivity index is 1.74. The molecular weight excluding hydrogens is 418 g/mol. The molecule has 0 aliphatic heterocycles. The monoisotopic (exact) mass is 445 g/mol. The molecule has 0 bridgehead atoms. The number of amides is 2. The van der Waals surface area contributed by atoms with Gasteiger partial charge in [-0.3, -0.25) is 3.97 Å². The van der Waals surface area contributed by atoms with Gasteiger partial charge in [0.1, 0.15) is 5.75 Å². The molecule has 0 aliphatic carbocycles. The molecule has 0 spiro atoms. The minimum absolute atomic E-state index is 0.258. The van der Waals surface area contributed by atoms with E-state index in [-0.39, 0.29) is 12.5 Å². The van der Waals surface area contributed by atoms with Crippen LogP contribution in [0.2, 0.25) is 0 Å². The number of aryl methyl sites for hydroxylation is 1. The first-order valence-electron chi connectivity index (χ1n) is 9.86. The molecule has 1 aromatic heterocycles.